The molecule has 4 aromatic rings. The van der Waals surface area contributed by atoms with Crippen LogP contribution in [0.25, 0.3) is 22.6 Å². The Kier molecular flexibility index (Phi) is 6.27. The Bertz CT molecular complexity index is 1520. The average Bonchev–Trinajstić information content (AvgIpc) is 3.50. The molecule has 2 aromatic carbocycles. The van der Waals surface area contributed by atoms with E-state index < -0.39 is 5.91 Å². The first-order chi connectivity index (χ1) is 17.3. The number of fused-ring (bicyclic) bond motifs is 1. The van der Waals surface area contributed by atoms with E-state index in [2.05, 4.69) is 45.7 Å². The second-order valence-corrected chi connectivity index (χ2v) is 10.4. The summed E-state index contributed by atoms with van der Waals surface area (Å²) in [6.45, 7) is 7.69. The van der Waals surface area contributed by atoms with Crippen LogP contribution < -0.4 is 10.6 Å². The van der Waals surface area contributed by atoms with Crippen molar-refractivity contribution in [3.05, 3.63) is 74.9 Å². The lowest BCUT2D eigenvalue weighted by molar-refractivity contribution is 0.0999. The first-order valence-corrected chi connectivity index (χ1v) is 12.7. The summed E-state index contributed by atoms with van der Waals surface area (Å²) < 4.78 is 7.22. The van der Waals surface area contributed by atoms with Gasteiger partial charge in [-0.25, -0.2) is 9.97 Å². The number of hydrogen-bond donors (Lipinski definition) is 1. The molecule has 0 saturated carbocycles. The molecule has 2 N–H and O–H groups in total. The molecular formula is C28H26BrN5O2. The summed E-state index contributed by atoms with van der Waals surface area (Å²) in [4.78, 5) is 23.9. The Morgan fingerprint density at radius 3 is 2.75 bits per heavy atom. The van der Waals surface area contributed by atoms with Gasteiger partial charge in [-0.15, -0.1) is 0 Å². The van der Waals surface area contributed by atoms with Gasteiger partial charge in [-0.2, -0.15) is 5.26 Å². The average molecular weight is 544 g/mol. The van der Waals surface area contributed by atoms with Crippen LogP contribution in [0.5, 0.6) is 0 Å². The summed E-state index contributed by atoms with van der Waals surface area (Å²) in [6.07, 6.45) is 2.67. The molecule has 7 nitrogen and oxygen atoms in total. The zero-order valence-electron chi connectivity index (χ0n) is 20.4. The number of amides is 1. The SMILES string of the molecule is Cc1c(-c2nc3cc(C#N)cc(C(C)C)c3o2)ccc(C(N)=O)c1C1CCN(c2ccc(Br)cn2)C1. The predicted molar refractivity (Wildman–Crippen MR) is 143 cm³/mol. The molecule has 1 aliphatic heterocycles. The van der Waals surface area contributed by atoms with Crippen LogP contribution in [0.4, 0.5) is 5.82 Å². The molecule has 1 aliphatic rings. The lowest BCUT2D eigenvalue weighted by atomic mass is 9.86. The van der Waals surface area contributed by atoms with Gasteiger partial charge < -0.3 is 15.1 Å². The molecule has 1 fully saturated rings. The van der Waals surface area contributed by atoms with Crippen LogP contribution in [0.15, 0.2) is 51.5 Å². The highest BCUT2D eigenvalue weighted by Crippen LogP contribution is 2.39. The maximum atomic E-state index is 12.4. The molecule has 1 unspecified atom stereocenters. The second-order valence-electron chi connectivity index (χ2n) is 9.53. The van der Waals surface area contributed by atoms with E-state index in [0.717, 1.165) is 52.1 Å². The number of nitrogens with two attached hydrogens (primary N) is 1. The molecule has 182 valence electrons. The number of carbonyl (C=O) groups excluding carboxylic acids is 1. The smallest absolute Gasteiger partial charge is 0.248 e. The molecule has 0 bridgehead atoms. The van der Waals surface area contributed by atoms with E-state index in [1.165, 1.54) is 0 Å². The van der Waals surface area contributed by atoms with Gasteiger partial charge in [0.25, 0.3) is 0 Å². The van der Waals surface area contributed by atoms with Crippen molar-refractivity contribution in [1.82, 2.24) is 9.97 Å². The Balaban J connectivity index is 1.58. The Labute approximate surface area is 218 Å². The lowest BCUT2D eigenvalue weighted by Gasteiger charge is -2.21. The number of pyridine rings is 1. The van der Waals surface area contributed by atoms with Crippen LogP contribution in [0.3, 0.4) is 0 Å². The third kappa shape index (κ3) is 4.24. The molecule has 1 amide bonds. The fourth-order valence-electron chi connectivity index (χ4n) is 5.13. The number of primary amides is 1. The lowest BCUT2D eigenvalue weighted by Crippen LogP contribution is -2.22. The van der Waals surface area contributed by atoms with Crippen LogP contribution >= 0.6 is 15.9 Å². The van der Waals surface area contributed by atoms with Crippen molar-refractivity contribution >= 4 is 38.8 Å². The highest BCUT2D eigenvalue weighted by molar-refractivity contribution is 9.10. The van der Waals surface area contributed by atoms with Crippen LogP contribution in [0.2, 0.25) is 0 Å². The number of halogens is 1. The number of nitrogens with zero attached hydrogens (tertiary/aromatic N) is 4. The summed E-state index contributed by atoms with van der Waals surface area (Å²) in [5, 5.41) is 9.47. The van der Waals surface area contributed by atoms with Gasteiger partial charge in [-0.05, 0) is 82.7 Å². The quantitative estimate of drug-likeness (QED) is 0.328. The van der Waals surface area contributed by atoms with Gasteiger partial charge in [0.2, 0.25) is 11.8 Å². The number of rotatable bonds is 5. The summed E-state index contributed by atoms with van der Waals surface area (Å²) in [5.41, 5.74) is 11.9. The van der Waals surface area contributed by atoms with E-state index in [1.54, 1.807) is 18.3 Å². The molecule has 8 heteroatoms. The molecule has 36 heavy (non-hydrogen) atoms. The molecular weight excluding hydrogens is 518 g/mol. The van der Waals surface area contributed by atoms with Crippen LogP contribution in [-0.4, -0.2) is 29.0 Å². The number of oxazole rings is 1. The van der Waals surface area contributed by atoms with Gasteiger partial charge >= 0.3 is 0 Å². The van der Waals surface area contributed by atoms with Gasteiger partial charge in [0, 0.05) is 46.4 Å². The Hall–Kier alpha value is -3.70. The van der Waals surface area contributed by atoms with Gasteiger partial charge in [0.1, 0.15) is 11.3 Å². The van der Waals surface area contributed by atoms with E-state index >= 15 is 0 Å². The van der Waals surface area contributed by atoms with Crippen molar-refractivity contribution in [3.8, 4) is 17.5 Å². The zero-order chi connectivity index (χ0) is 25.6. The van der Waals surface area contributed by atoms with E-state index in [4.69, 9.17) is 15.1 Å². The Morgan fingerprint density at radius 2 is 2.08 bits per heavy atom. The van der Waals surface area contributed by atoms with Crippen molar-refractivity contribution in [3.63, 3.8) is 0 Å². The van der Waals surface area contributed by atoms with Crippen LogP contribution in [0, 0.1) is 18.3 Å². The van der Waals surface area contributed by atoms with E-state index in [-0.39, 0.29) is 11.8 Å². The highest BCUT2D eigenvalue weighted by Gasteiger charge is 2.30. The zero-order valence-corrected chi connectivity index (χ0v) is 22.0. The first kappa shape index (κ1) is 24.0. The number of aromatic nitrogens is 2. The Morgan fingerprint density at radius 1 is 1.28 bits per heavy atom. The van der Waals surface area contributed by atoms with Crippen molar-refractivity contribution in [2.45, 2.75) is 39.0 Å². The largest absolute Gasteiger partial charge is 0.436 e. The van der Waals surface area contributed by atoms with Crippen LogP contribution in [0.1, 0.15) is 64.7 Å². The highest BCUT2D eigenvalue weighted by atomic mass is 79.9. The number of benzene rings is 2. The maximum Gasteiger partial charge on any atom is 0.248 e. The number of nitriles is 1. The van der Waals surface area contributed by atoms with Gasteiger partial charge in [-0.3, -0.25) is 4.79 Å². The maximum absolute atomic E-state index is 12.4. The minimum atomic E-state index is -0.446. The minimum absolute atomic E-state index is 0.110. The molecule has 1 atom stereocenters. The van der Waals surface area contributed by atoms with Crippen molar-refractivity contribution in [2.75, 3.05) is 18.0 Å². The summed E-state index contributed by atoms with van der Waals surface area (Å²) in [7, 11) is 0. The van der Waals surface area contributed by atoms with Crippen molar-refractivity contribution in [1.29, 1.82) is 5.26 Å². The summed E-state index contributed by atoms with van der Waals surface area (Å²) >= 11 is 3.44. The minimum Gasteiger partial charge on any atom is -0.436 e. The summed E-state index contributed by atoms with van der Waals surface area (Å²) in [6, 6.07) is 13.4. The molecule has 2 aromatic heterocycles. The molecule has 0 spiro atoms. The van der Waals surface area contributed by atoms with Gasteiger partial charge in [-0.1, -0.05) is 13.8 Å². The van der Waals surface area contributed by atoms with E-state index in [9.17, 15) is 10.1 Å². The van der Waals surface area contributed by atoms with Crippen molar-refractivity contribution < 1.29 is 9.21 Å². The standard InChI is InChI=1S/C28H26BrN5O2/c1-15(2)22-10-17(12-30)11-23-26(22)36-28(33-23)20-5-6-21(27(31)35)25(16(20)3)18-8-9-34(14-18)24-7-4-19(29)13-32-24/h4-7,10-11,13,15,18H,8-9,14H2,1-3H3,(H2,31,35). The molecule has 0 radical (unpaired) electrons. The van der Waals surface area contributed by atoms with E-state index in [0.29, 0.717) is 28.1 Å². The second kappa shape index (κ2) is 9.40. The first-order valence-electron chi connectivity index (χ1n) is 11.9. The number of hydrogen-bond acceptors (Lipinski definition) is 6. The molecule has 0 aliphatic carbocycles. The summed E-state index contributed by atoms with van der Waals surface area (Å²) in [5.74, 6) is 1.22. The molecule has 1 saturated heterocycles. The topological polar surface area (TPSA) is 109 Å². The normalized spacial score (nSPS) is 15.6. The number of carbonyl (C=O) groups is 1. The van der Waals surface area contributed by atoms with Crippen LogP contribution in [-0.2, 0) is 0 Å². The number of anilines is 1. The third-order valence-electron chi connectivity index (χ3n) is 6.91. The molecule has 3 heterocycles. The predicted octanol–water partition coefficient (Wildman–Crippen LogP) is 6.05. The third-order valence-corrected chi connectivity index (χ3v) is 7.38. The fraction of sp³-hybridized carbons (Fsp3) is 0.286. The van der Waals surface area contributed by atoms with Gasteiger partial charge in [0.05, 0.1) is 11.6 Å². The monoisotopic (exact) mass is 543 g/mol. The van der Waals surface area contributed by atoms with Gasteiger partial charge in [0.15, 0.2) is 5.58 Å². The van der Waals surface area contributed by atoms with E-state index in [1.807, 2.05) is 31.2 Å². The van der Waals surface area contributed by atoms with Crippen molar-refractivity contribution in [2.24, 2.45) is 5.73 Å². The molecule has 5 rings (SSSR count). The fourth-order valence-corrected chi connectivity index (χ4v) is 5.36.